The predicted molar refractivity (Wildman–Crippen MR) is 128 cm³/mol. The SMILES string of the molecule is CC(C)(O)C(F)CNC(=O)c1cnc2ccc(-c3cncs3)cc2c1Nc1cnn(CC(F)F)c1. The molecule has 4 rings (SSSR count). The lowest BCUT2D eigenvalue weighted by Crippen LogP contribution is -2.42. The van der Waals surface area contributed by atoms with Gasteiger partial charge in [0.1, 0.15) is 12.7 Å². The van der Waals surface area contributed by atoms with Crippen LogP contribution in [0.3, 0.4) is 0 Å². The van der Waals surface area contributed by atoms with Crippen LogP contribution in [-0.2, 0) is 6.54 Å². The number of carbonyl (C=O) groups excluding carboxylic acids is 1. The van der Waals surface area contributed by atoms with Gasteiger partial charge in [0.15, 0.2) is 0 Å². The summed E-state index contributed by atoms with van der Waals surface area (Å²) < 4.78 is 40.8. The molecule has 35 heavy (non-hydrogen) atoms. The van der Waals surface area contributed by atoms with Crippen molar-refractivity contribution >= 4 is 39.5 Å². The summed E-state index contributed by atoms with van der Waals surface area (Å²) in [5.41, 5.74) is 2.36. The summed E-state index contributed by atoms with van der Waals surface area (Å²) in [7, 11) is 0. The lowest BCUT2D eigenvalue weighted by atomic mass is 10.0. The van der Waals surface area contributed by atoms with Gasteiger partial charge in [-0.2, -0.15) is 5.10 Å². The van der Waals surface area contributed by atoms with E-state index in [0.717, 1.165) is 15.1 Å². The number of aliphatic hydroxyl groups is 1. The molecule has 12 heteroatoms. The highest BCUT2D eigenvalue weighted by atomic mass is 32.1. The highest BCUT2D eigenvalue weighted by Crippen LogP contribution is 2.33. The second kappa shape index (κ2) is 10.0. The molecule has 0 fully saturated rings. The smallest absolute Gasteiger partial charge is 0.257 e. The molecule has 0 aliphatic rings. The van der Waals surface area contributed by atoms with Gasteiger partial charge in [0, 0.05) is 24.0 Å². The van der Waals surface area contributed by atoms with Gasteiger partial charge < -0.3 is 15.7 Å². The maximum Gasteiger partial charge on any atom is 0.257 e. The minimum absolute atomic E-state index is 0.114. The number of rotatable bonds is 9. The van der Waals surface area contributed by atoms with Crippen molar-refractivity contribution in [3.8, 4) is 10.4 Å². The number of aromatic nitrogens is 4. The highest BCUT2D eigenvalue weighted by molar-refractivity contribution is 7.13. The Balaban J connectivity index is 1.74. The van der Waals surface area contributed by atoms with Crippen molar-refractivity contribution in [3.05, 3.63) is 54.1 Å². The Hall–Kier alpha value is -3.51. The van der Waals surface area contributed by atoms with Crippen LogP contribution in [0.4, 0.5) is 24.5 Å². The van der Waals surface area contributed by atoms with Crippen LogP contribution in [0.15, 0.2) is 48.5 Å². The fourth-order valence-corrected chi connectivity index (χ4v) is 3.97. The Labute approximate surface area is 202 Å². The Bertz CT molecular complexity index is 1320. The Morgan fingerprint density at radius 1 is 1.23 bits per heavy atom. The monoisotopic (exact) mass is 504 g/mol. The van der Waals surface area contributed by atoms with E-state index in [9.17, 15) is 23.1 Å². The maximum atomic E-state index is 14.2. The number of thiazole rings is 1. The molecule has 4 aromatic rings. The third kappa shape index (κ3) is 5.77. The molecule has 3 aromatic heterocycles. The number of carbonyl (C=O) groups is 1. The topological polar surface area (TPSA) is 105 Å². The van der Waals surface area contributed by atoms with Crippen LogP contribution < -0.4 is 10.6 Å². The van der Waals surface area contributed by atoms with Gasteiger partial charge in [-0.25, -0.2) is 13.2 Å². The van der Waals surface area contributed by atoms with Crippen LogP contribution >= 0.6 is 11.3 Å². The largest absolute Gasteiger partial charge is 0.387 e. The predicted octanol–water partition coefficient (Wildman–Crippen LogP) is 4.40. The molecule has 0 aliphatic carbocycles. The molecule has 0 bridgehead atoms. The molecule has 1 atom stereocenters. The molecule has 1 amide bonds. The number of amides is 1. The Morgan fingerprint density at radius 2 is 2.03 bits per heavy atom. The van der Waals surface area contributed by atoms with Crippen LogP contribution in [0, 0.1) is 0 Å². The van der Waals surface area contributed by atoms with Crippen LogP contribution in [-0.4, -0.2) is 55.5 Å². The fraction of sp³-hybridized carbons (Fsp3) is 0.304. The highest BCUT2D eigenvalue weighted by Gasteiger charge is 2.27. The summed E-state index contributed by atoms with van der Waals surface area (Å²) in [6, 6.07) is 5.51. The fourth-order valence-electron chi connectivity index (χ4n) is 3.35. The molecule has 0 radical (unpaired) electrons. The average molecular weight is 505 g/mol. The molecule has 1 unspecified atom stereocenters. The molecule has 8 nitrogen and oxygen atoms in total. The van der Waals surface area contributed by atoms with Crippen molar-refractivity contribution in [1.29, 1.82) is 0 Å². The first-order valence-corrected chi connectivity index (χ1v) is 11.5. The van der Waals surface area contributed by atoms with E-state index in [1.165, 1.54) is 43.8 Å². The van der Waals surface area contributed by atoms with Crippen molar-refractivity contribution in [3.63, 3.8) is 0 Å². The molecule has 1 aromatic carbocycles. The van der Waals surface area contributed by atoms with Crippen molar-refractivity contribution in [1.82, 2.24) is 25.1 Å². The number of nitrogens with zero attached hydrogens (tertiary/aromatic N) is 4. The number of pyridine rings is 1. The van der Waals surface area contributed by atoms with Gasteiger partial charge >= 0.3 is 0 Å². The number of benzene rings is 1. The molecule has 3 heterocycles. The summed E-state index contributed by atoms with van der Waals surface area (Å²) >= 11 is 1.45. The van der Waals surface area contributed by atoms with Crippen molar-refractivity contribution in [2.24, 2.45) is 0 Å². The van der Waals surface area contributed by atoms with E-state index in [4.69, 9.17) is 0 Å². The quantitative estimate of drug-likeness (QED) is 0.312. The van der Waals surface area contributed by atoms with Crippen molar-refractivity contribution in [2.75, 3.05) is 11.9 Å². The van der Waals surface area contributed by atoms with E-state index in [2.05, 4.69) is 25.7 Å². The molecule has 0 aliphatic heterocycles. The van der Waals surface area contributed by atoms with Crippen LogP contribution in [0.2, 0.25) is 0 Å². The van der Waals surface area contributed by atoms with E-state index in [0.29, 0.717) is 22.3 Å². The molecule has 0 saturated carbocycles. The molecule has 0 spiro atoms. The Kier molecular flexibility index (Phi) is 7.03. The molecular weight excluding hydrogens is 481 g/mol. The number of nitrogens with one attached hydrogen (secondary N) is 2. The number of alkyl halides is 3. The third-order valence-electron chi connectivity index (χ3n) is 5.27. The summed E-state index contributed by atoms with van der Waals surface area (Å²) in [5, 5.41) is 19.9. The number of hydrogen-bond acceptors (Lipinski definition) is 7. The van der Waals surface area contributed by atoms with Crippen LogP contribution in [0.5, 0.6) is 0 Å². The summed E-state index contributed by atoms with van der Waals surface area (Å²) in [4.78, 5) is 22.4. The van der Waals surface area contributed by atoms with Crippen molar-refractivity contribution in [2.45, 2.75) is 38.6 Å². The minimum atomic E-state index is -2.57. The van der Waals surface area contributed by atoms with Gasteiger partial charge in [0.05, 0.1) is 51.2 Å². The van der Waals surface area contributed by atoms with Gasteiger partial charge in [-0.05, 0) is 31.5 Å². The molecule has 0 saturated heterocycles. The molecule has 184 valence electrons. The summed E-state index contributed by atoms with van der Waals surface area (Å²) in [6.45, 7) is 1.64. The zero-order chi connectivity index (χ0) is 25.2. The number of anilines is 2. The zero-order valence-corrected chi connectivity index (χ0v) is 19.7. The normalized spacial score (nSPS) is 12.8. The van der Waals surface area contributed by atoms with Crippen LogP contribution in [0.25, 0.3) is 21.3 Å². The molecular formula is C23H23F3N6O2S. The van der Waals surface area contributed by atoms with E-state index in [1.54, 1.807) is 17.8 Å². The van der Waals surface area contributed by atoms with Gasteiger partial charge in [0.2, 0.25) is 0 Å². The zero-order valence-electron chi connectivity index (χ0n) is 18.9. The second-order valence-electron chi connectivity index (χ2n) is 8.44. The van der Waals surface area contributed by atoms with Crippen molar-refractivity contribution < 1.29 is 23.1 Å². The van der Waals surface area contributed by atoms with E-state index < -0.39 is 37.2 Å². The first-order valence-electron chi connectivity index (χ1n) is 10.7. The number of halogens is 3. The second-order valence-corrected chi connectivity index (χ2v) is 9.33. The lowest BCUT2D eigenvalue weighted by molar-refractivity contribution is -0.00177. The lowest BCUT2D eigenvalue weighted by Gasteiger charge is -2.22. The maximum absolute atomic E-state index is 14.2. The van der Waals surface area contributed by atoms with E-state index >= 15 is 0 Å². The molecule has 3 N–H and O–H groups in total. The van der Waals surface area contributed by atoms with Gasteiger partial charge in [-0.3, -0.25) is 19.4 Å². The summed E-state index contributed by atoms with van der Waals surface area (Å²) in [5.74, 6) is -0.614. The standard InChI is InChI=1S/C23H23F3N6O2S/c1-23(2,34)19(24)9-29-22(33)16-7-28-17-4-3-13(18-8-27-12-35-18)5-15(17)21(16)31-14-6-30-32(10-14)11-20(25)26/h3-8,10,12,19-20,34H,9,11H2,1-2H3,(H,28,31)(H,29,33). The average Bonchev–Trinajstić information content (AvgIpc) is 3.48. The number of fused-ring (bicyclic) bond motifs is 1. The van der Waals surface area contributed by atoms with Crippen LogP contribution in [0.1, 0.15) is 24.2 Å². The van der Waals surface area contributed by atoms with Gasteiger partial charge in [-0.15, -0.1) is 11.3 Å². The minimum Gasteiger partial charge on any atom is -0.387 e. The van der Waals surface area contributed by atoms with Gasteiger partial charge in [0.25, 0.3) is 12.3 Å². The van der Waals surface area contributed by atoms with Gasteiger partial charge in [-0.1, -0.05) is 6.07 Å². The first-order chi connectivity index (χ1) is 16.6. The van der Waals surface area contributed by atoms with E-state index in [1.807, 2.05) is 12.1 Å². The first kappa shape index (κ1) is 24.6. The van der Waals surface area contributed by atoms with E-state index in [-0.39, 0.29) is 5.56 Å². The third-order valence-corrected chi connectivity index (χ3v) is 6.09. The summed E-state index contributed by atoms with van der Waals surface area (Å²) in [6.07, 6.45) is 1.58. The number of hydrogen-bond donors (Lipinski definition) is 3. The Morgan fingerprint density at radius 3 is 2.71 bits per heavy atom.